The Morgan fingerprint density at radius 1 is 1.29 bits per heavy atom. The topological polar surface area (TPSA) is 84.2 Å². The maximum absolute atomic E-state index is 12.4. The van der Waals surface area contributed by atoms with Crippen molar-refractivity contribution >= 4 is 26.0 Å². The molecule has 0 aliphatic carbocycles. The average molecular weight is 374 g/mol. The Morgan fingerprint density at radius 3 is 2.76 bits per heavy atom. The lowest BCUT2D eigenvalue weighted by Gasteiger charge is -2.10. The van der Waals surface area contributed by atoms with Gasteiger partial charge in [-0.15, -0.1) is 0 Å². The molecule has 0 saturated heterocycles. The Labute approximate surface area is 132 Å². The lowest BCUT2D eigenvalue weighted by molar-refractivity contribution is 0.380. The van der Waals surface area contributed by atoms with E-state index >= 15 is 0 Å². The fourth-order valence-electron chi connectivity index (χ4n) is 1.71. The molecule has 0 aliphatic heterocycles. The molecule has 0 aliphatic rings. The molecule has 0 spiro atoms. The van der Waals surface area contributed by atoms with E-state index in [0.29, 0.717) is 16.8 Å². The minimum absolute atomic E-state index is 0.0617. The van der Waals surface area contributed by atoms with Gasteiger partial charge in [-0.05, 0) is 40.2 Å². The van der Waals surface area contributed by atoms with E-state index in [1.165, 1.54) is 6.20 Å². The zero-order valence-electron chi connectivity index (χ0n) is 11.5. The summed E-state index contributed by atoms with van der Waals surface area (Å²) in [4.78, 5) is 0.206. The fraction of sp³-hybridized carbons (Fsp3) is 0.308. The quantitative estimate of drug-likeness (QED) is 0.775. The third kappa shape index (κ3) is 4.37. The van der Waals surface area contributed by atoms with Crippen LogP contribution < -0.4 is 10.0 Å². The molecule has 1 aromatic carbocycles. The average Bonchev–Trinajstić information content (AvgIpc) is 2.97. The van der Waals surface area contributed by atoms with Crippen molar-refractivity contribution < 1.29 is 12.9 Å². The Morgan fingerprint density at radius 2 is 2.10 bits per heavy atom. The van der Waals surface area contributed by atoms with Crippen molar-refractivity contribution in [3.05, 3.63) is 46.3 Å². The number of halogens is 1. The first-order valence-corrected chi connectivity index (χ1v) is 8.69. The first-order valence-electron chi connectivity index (χ1n) is 6.41. The molecule has 6 nitrogen and oxygen atoms in total. The van der Waals surface area contributed by atoms with E-state index in [4.69, 9.17) is 4.52 Å². The summed E-state index contributed by atoms with van der Waals surface area (Å²) >= 11 is 3.28. The fourth-order valence-corrected chi connectivity index (χ4v) is 3.72. The minimum Gasteiger partial charge on any atom is -0.360 e. The molecule has 2 rings (SSSR count). The summed E-state index contributed by atoms with van der Waals surface area (Å²) in [6.45, 7) is 3.50. The third-order valence-corrected chi connectivity index (χ3v) is 5.19. The van der Waals surface area contributed by atoms with Gasteiger partial charge < -0.3 is 9.84 Å². The van der Waals surface area contributed by atoms with Crippen molar-refractivity contribution in [2.24, 2.45) is 0 Å². The Balaban J connectivity index is 2.17. The van der Waals surface area contributed by atoms with E-state index in [-0.39, 0.29) is 11.4 Å². The number of sulfonamides is 1. The van der Waals surface area contributed by atoms with Crippen molar-refractivity contribution in [1.82, 2.24) is 15.2 Å². The second kappa shape index (κ2) is 7.17. The molecule has 114 valence electrons. The number of benzene rings is 1. The van der Waals surface area contributed by atoms with Crippen LogP contribution in [-0.2, 0) is 23.1 Å². The molecule has 0 bridgehead atoms. The van der Waals surface area contributed by atoms with Gasteiger partial charge in [0.2, 0.25) is 10.0 Å². The summed E-state index contributed by atoms with van der Waals surface area (Å²) in [6, 6.07) is 6.87. The molecular weight excluding hydrogens is 358 g/mol. The summed E-state index contributed by atoms with van der Waals surface area (Å²) < 4.78 is 32.6. The zero-order valence-corrected chi connectivity index (χ0v) is 13.9. The van der Waals surface area contributed by atoms with Crippen molar-refractivity contribution in [1.29, 1.82) is 0 Å². The Bertz CT molecular complexity index is 687. The summed E-state index contributed by atoms with van der Waals surface area (Å²) in [6.07, 6.45) is 1.47. The highest BCUT2D eigenvalue weighted by Gasteiger charge is 2.18. The second-order valence-corrected chi connectivity index (χ2v) is 6.94. The molecule has 2 aromatic rings. The first-order chi connectivity index (χ1) is 10.0. The molecule has 0 atom stereocenters. The van der Waals surface area contributed by atoms with E-state index in [0.717, 1.165) is 12.1 Å². The summed E-state index contributed by atoms with van der Waals surface area (Å²) in [5.41, 5.74) is 0.903. The first kappa shape index (κ1) is 16.2. The van der Waals surface area contributed by atoms with Crippen LogP contribution in [0.25, 0.3) is 0 Å². The molecule has 8 heteroatoms. The van der Waals surface area contributed by atoms with Crippen molar-refractivity contribution in [3.63, 3.8) is 0 Å². The number of hydrogen-bond donors (Lipinski definition) is 2. The van der Waals surface area contributed by atoms with E-state index in [1.54, 1.807) is 18.2 Å². The monoisotopic (exact) mass is 373 g/mol. The van der Waals surface area contributed by atoms with Crippen LogP contribution in [0.2, 0.25) is 0 Å². The van der Waals surface area contributed by atoms with Crippen LogP contribution in [0, 0.1) is 0 Å². The Kier molecular flexibility index (Phi) is 5.51. The molecule has 1 heterocycles. The lowest BCUT2D eigenvalue weighted by atomic mass is 10.2. The number of hydrogen-bond acceptors (Lipinski definition) is 5. The number of nitrogens with zero attached hydrogens (tertiary/aromatic N) is 1. The van der Waals surface area contributed by atoms with Crippen LogP contribution in [0.1, 0.15) is 18.2 Å². The van der Waals surface area contributed by atoms with Crippen molar-refractivity contribution in [2.45, 2.75) is 24.9 Å². The molecule has 0 saturated carbocycles. The summed E-state index contributed by atoms with van der Waals surface area (Å²) in [5, 5.41) is 6.70. The van der Waals surface area contributed by atoms with Crippen LogP contribution in [0.15, 0.2) is 44.4 Å². The highest BCUT2D eigenvalue weighted by Crippen LogP contribution is 2.23. The maximum Gasteiger partial charge on any atom is 0.242 e. The summed E-state index contributed by atoms with van der Waals surface area (Å²) in [7, 11) is -3.63. The van der Waals surface area contributed by atoms with Gasteiger partial charge in [0.1, 0.15) is 0 Å². The van der Waals surface area contributed by atoms with Gasteiger partial charge in [-0.3, -0.25) is 0 Å². The van der Waals surface area contributed by atoms with Crippen molar-refractivity contribution in [3.8, 4) is 0 Å². The molecule has 21 heavy (non-hydrogen) atoms. The van der Waals surface area contributed by atoms with Gasteiger partial charge in [0.05, 0.1) is 17.6 Å². The minimum atomic E-state index is -3.63. The maximum atomic E-state index is 12.4. The molecule has 1 aromatic heterocycles. The molecular formula is C13H16BrN3O3S. The molecule has 0 fully saturated rings. The highest BCUT2D eigenvalue weighted by atomic mass is 79.9. The molecule has 2 N–H and O–H groups in total. The van der Waals surface area contributed by atoms with Crippen LogP contribution >= 0.6 is 15.9 Å². The van der Waals surface area contributed by atoms with Crippen LogP contribution in [0.3, 0.4) is 0 Å². The second-order valence-electron chi connectivity index (χ2n) is 4.35. The standard InChI is InChI=1S/C13H16BrN3O3S/c1-2-15-8-10-3-4-12(14)13(7-10)21(18,19)17-9-11-5-6-16-20-11/h3-7,15,17H,2,8-9H2,1H3. The molecule has 0 radical (unpaired) electrons. The van der Waals surface area contributed by atoms with E-state index in [2.05, 4.69) is 31.1 Å². The van der Waals surface area contributed by atoms with Crippen LogP contribution in [0.5, 0.6) is 0 Å². The SMILES string of the molecule is CCNCc1ccc(Br)c(S(=O)(=O)NCc2ccno2)c1. The van der Waals surface area contributed by atoms with Gasteiger partial charge >= 0.3 is 0 Å². The smallest absolute Gasteiger partial charge is 0.242 e. The van der Waals surface area contributed by atoms with E-state index < -0.39 is 10.0 Å². The third-order valence-electron chi connectivity index (χ3n) is 2.79. The largest absolute Gasteiger partial charge is 0.360 e. The van der Waals surface area contributed by atoms with Gasteiger partial charge in [-0.1, -0.05) is 18.1 Å². The van der Waals surface area contributed by atoms with Gasteiger partial charge in [-0.25, -0.2) is 13.1 Å². The zero-order chi connectivity index (χ0) is 15.3. The predicted molar refractivity (Wildman–Crippen MR) is 82.1 cm³/mol. The van der Waals surface area contributed by atoms with E-state index in [1.807, 2.05) is 13.0 Å². The molecule has 0 unspecified atom stereocenters. The highest BCUT2D eigenvalue weighted by molar-refractivity contribution is 9.10. The number of nitrogens with one attached hydrogen (secondary N) is 2. The van der Waals surface area contributed by atoms with Crippen LogP contribution in [0.4, 0.5) is 0 Å². The van der Waals surface area contributed by atoms with Crippen LogP contribution in [-0.4, -0.2) is 20.1 Å². The number of aromatic nitrogens is 1. The van der Waals surface area contributed by atoms with Gasteiger partial charge in [-0.2, -0.15) is 0 Å². The van der Waals surface area contributed by atoms with Gasteiger partial charge in [0.15, 0.2) is 5.76 Å². The van der Waals surface area contributed by atoms with Gasteiger partial charge in [0, 0.05) is 17.1 Å². The molecule has 0 amide bonds. The normalized spacial score (nSPS) is 11.7. The number of rotatable bonds is 7. The van der Waals surface area contributed by atoms with Crippen molar-refractivity contribution in [2.75, 3.05) is 6.54 Å². The predicted octanol–water partition coefficient (Wildman–Crippen LogP) is 2.03. The summed E-state index contributed by atoms with van der Waals surface area (Å²) in [5.74, 6) is 0.457. The van der Waals surface area contributed by atoms with E-state index in [9.17, 15) is 8.42 Å². The Hall–Kier alpha value is -1.22. The lowest BCUT2D eigenvalue weighted by Crippen LogP contribution is -2.23. The van der Waals surface area contributed by atoms with Gasteiger partial charge in [0.25, 0.3) is 0 Å².